The van der Waals surface area contributed by atoms with Gasteiger partial charge in [0.25, 0.3) is 5.91 Å². The van der Waals surface area contributed by atoms with Crippen molar-refractivity contribution < 1.29 is 33.3 Å². The zero-order chi connectivity index (χ0) is 22.8. The summed E-state index contributed by atoms with van der Waals surface area (Å²) in [7, 11) is 0. The SMILES string of the molecule is CCOc1ccc(NC(=O)COC(=O)c2ccc(OCC3CCCO3)cc2)cc1OCC. The van der Waals surface area contributed by atoms with Crippen LogP contribution in [0.1, 0.15) is 37.0 Å². The van der Waals surface area contributed by atoms with Crippen molar-refractivity contribution >= 4 is 17.6 Å². The molecule has 1 amide bonds. The first-order chi connectivity index (χ1) is 15.6. The fraction of sp³-hybridized carbons (Fsp3) is 0.417. The third-order valence-corrected chi connectivity index (χ3v) is 4.71. The molecule has 0 radical (unpaired) electrons. The maximum Gasteiger partial charge on any atom is 0.338 e. The maximum absolute atomic E-state index is 12.2. The van der Waals surface area contributed by atoms with Crippen molar-refractivity contribution in [2.75, 3.05) is 38.4 Å². The lowest BCUT2D eigenvalue weighted by atomic mass is 10.2. The number of nitrogens with one attached hydrogen (secondary N) is 1. The van der Waals surface area contributed by atoms with Gasteiger partial charge in [0.05, 0.1) is 24.9 Å². The first kappa shape index (κ1) is 23.4. The van der Waals surface area contributed by atoms with Gasteiger partial charge in [0.15, 0.2) is 18.1 Å². The summed E-state index contributed by atoms with van der Waals surface area (Å²) < 4.78 is 27.4. The first-order valence-electron chi connectivity index (χ1n) is 10.8. The van der Waals surface area contributed by atoms with Crippen LogP contribution in [-0.4, -0.2) is 51.0 Å². The highest BCUT2D eigenvalue weighted by molar-refractivity contribution is 5.95. The number of carbonyl (C=O) groups excluding carboxylic acids is 2. The average molecular weight is 443 g/mol. The topological polar surface area (TPSA) is 92.3 Å². The van der Waals surface area contributed by atoms with Crippen LogP contribution in [0.3, 0.4) is 0 Å². The lowest BCUT2D eigenvalue weighted by Gasteiger charge is -2.13. The normalized spacial score (nSPS) is 15.1. The lowest BCUT2D eigenvalue weighted by molar-refractivity contribution is -0.119. The molecule has 2 aromatic rings. The van der Waals surface area contributed by atoms with E-state index in [2.05, 4.69) is 5.32 Å². The van der Waals surface area contributed by atoms with Gasteiger partial charge in [-0.3, -0.25) is 4.79 Å². The molecule has 32 heavy (non-hydrogen) atoms. The summed E-state index contributed by atoms with van der Waals surface area (Å²) >= 11 is 0. The van der Waals surface area contributed by atoms with Crippen LogP contribution in [-0.2, 0) is 14.3 Å². The average Bonchev–Trinajstić information content (AvgIpc) is 3.32. The molecular weight excluding hydrogens is 414 g/mol. The van der Waals surface area contributed by atoms with Crippen molar-refractivity contribution in [3.05, 3.63) is 48.0 Å². The second-order valence-corrected chi connectivity index (χ2v) is 7.12. The second kappa shape index (κ2) is 12.0. The number of rotatable bonds is 11. The number of anilines is 1. The minimum atomic E-state index is -0.590. The van der Waals surface area contributed by atoms with E-state index in [9.17, 15) is 9.59 Å². The number of carbonyl (C=O) groups is 2. The molecule has 1 fully saturated rings. The van der Waals surface area contributed by atoms with Gasteiger partial charge in [-0.2, -0.15) is 0 Å². The molecule has 0 spiro atoms. The van der Waals surface area contributed by atoms with E-state index in [1.165, 1.54) is 0 Å². The third kappa shape index (κ3) is 6.88. The zero-order valence-electron chi connectivity index (χ0n) is 18.4. The summed E-state index contributed by atoms with van der Waals surface area (Å²) in [5.74, 6) is 0.734. The summed E-state index contributed by atoms with van der Waals surface area (Å²) in [5.41, 5.74) is 0.854. The van der Waals surface area contributed by atoms with Crippen molar-refractivity contribution in [2.24, 2.45) is 0 Å². The Morgan fingerprint density at radius 3 is 2.44 bits per heavy atom. The van der Waals surface area contributed by atoms with Crippen molar-refractivity contribution in [2.45, 2.75) is 32.8 Å². The predicted molar refractivity (Wildman–Crippen MR) is 119 cm³/mol. The van der Waals surface area contributed by atoms with Crippen LogP contribution in [0.5, 0.6) is 17.2 Å². The van der Waals surface area contributed by atoms with Crippen LogP contribution < -0.4 is 19.5 Å². The molecule has 8 heteroatoms. The fourth-order valence-corrected chi connectivity index (χ4v) is 3.19. The Kier molecular flexibility index (Phi) is 8.74. The Morgan fingerprint density at radius 2 is 1.75 bits per heavy atom. The molecule has 172 valence electrons. The second-order valence-electron chi connectivity index (χ2n) is 7.12. The summed E-state index contributed by atoms with van der Waals surface area (Å²) in [6.07, 6.45) is 2.17. The van der Waals surface area contributed by atoms with Crippen LogP contribution in [0.15, 0.2) is 42.5 Å². The largest absolute Gasteiger partial charge is 0.491 e. The van der Waals surface area contributed by atoms with E-state index in [-0.39, 0.29) is 6.10 Å². The quantitative estimate of drug-likeness (QED) is 0.528. The summed E-state index contributed by atoms with van der Waals surface area (Å²) in [6, 6.07) is 11.7. The minimum Gasteiger partial charge on any atom is -0.491 e. The number of ether oxygens (including phenoxy) is 5. The number of amides is 1. The van der Waals surface area contributed by atoms with Gasteiger partial charge in [-0.1, -0.05) is 0 Å². The fourth-order valence-electron chi connectivity index (χ4n) is 3.19. The van der Waals surface area contributed by atoms with Crippen LogP contribution in [0.2, 0.25) is 0 Å². The van der Waals surface area contributed by atoms with Crippen molar-refractivity contribution in [3.8, 4) is 17.2 Å². The summed E-state index contributed by atoms with van der Waals surface area (Å²) in [5, 5.41) is 2.69. The molecule has 0 bridgehead atoms. The van der Waals surface area contributed by atoms with Gasteiger partial charge < -0.3 is 29.0 Å². The molecule has 1 N–H and O–H groups in total. The van der Waals surface area contributed by atoms with Crippen LogP contribution in [0.4, 0.5) is 5.69 Å². The van der Waals surface area contributed by atoms with E-state index in [0.29, 0.717) is 48.3 Å². The van der Waals surface area contributed by atoms with E-state index < -0.39 is 18.5 Å². The third-order valence-electron chi connectivity index (χ3n) is 4.71. The van der Waals surface area contributed by atoms with Crippen LogP contribution >= 0.6 is 0 Å². The van der Waals surface area contributed by atoms with Gasteiger partial charge in [-0.05, 0) is 63.1 Å². The Hall–Kier alpha value is -3.26. The van der Waals surface area contributed by atoms with E-state index in [1.54, 1.807) is 42.5 Å². The molecule has 8 nitrogen and oxygen atoms in total. The van der Waals surface area contributed by atoms with Crippen molar-refractivity contribution in [1.82, 2.24) is 0 Å². The lowest BCUT2D eigenvalue weighted by Crippen LogP contribution is -2.21. The van der Waals surface area contributed by atoms with Gasteiger partial charge in [0.1, 0.15) is 12.4 Å². The number of hydrogen-bond donors (Lipinski definition) is 1. The number of hydrogen-bond acceptors (Lipinski definition) is 7. The molecule has 1 atom stereocenters. The van der Waals surface area contributed by atoms with E-state index in [0.717, 1.165) is 19.4 Å². The predicted octanol–water partition coefficient (Wildman–Crippen LogP) is 3.84. The van der Waals surface area contributed by atoms with E-state index in [1.807, 2.05) is 13.8 Å². The first-order valence-corrected chi connectivity index (χ1v) is 10.8. The molecule has 1 unspecified atom stereocenters. The molecule has 3 rings (SSSR count). The van der Waals surface area contributed by atoms with E-state index in [4.69, 9.17) is 23.7 Å². The Morgan fingerprint density at radius 1 is 1.00 bits per heavy atom. The minimum absolute atomic E-state index is 0.123. The molecule has 1 heterocycles. The Balaban J connectivity index is 1.46. The van der Waals surface area contributed by atoms with Gasteiger partial charge in [-0.15, -0.1) is 0 Å². The van der Waals surface area contributed by atoms with Crippen molar-refractivity contribution in [3.63, 3.8) is 0 Å². The highest BCUT2D eigenvalue weighted by Gasteiger charge is 2.16. The van der Waals surface area contributed by atoms with Gasteiger partial charge in [0, 0.05) is 18.4 Å². The van der Waals surface area contributed by atoms with E-state index >= 15 is 0 Å². The van der Waals surface area contributed by atoms with Crippen molar-refractivity contribution in [1.29, 1.82) is 0 Å². The Bertz CT molecular complexity index is 892. The highest BCUT2D eigenvalue weighted by Crippen LogP contribution is 2.30. The number of esters is 1. The Labute approximate surface area is 187 Å². The smallest absolute Gasteiger partial charge is 0.338 e. The van der Waals surface area contributed by atoms with Gasteiger partial charge in [-0.25, -0.2) is 4.79 Å². The molecule has 0 saturated carbocycles. The maximum atomic E-state index is 12.2. The molecule has 1 saturated heterocycles. The monoisotopic (exact) mass is 443 g/mol. The summed E-state index contributed by atoms with van der Waals surface area (Å²) in [6.45, 7) is 5.57. The molecular formula is C24H29NO7. The molecule has 2 aromatic carbocycles. The standard InChI is InChI=1S/C24H29NO7/c1-3-28-21-12-9-18(14-22(21)29-4-2)25-23(26)16-32-24(27)17-7-10-19(11-8-17)31-15-20-6-5-13-30-20/h7-12,14,20H,3-6,13,15-16H2,1-2H3,(H,25,26). The highest BCUT2D eigenvalue weighted by atomic mass is 16.5. The molecule has 1 aliphatic rings. The molecule has 1 aliphatic heterocycles. The van der Waals surface area contributed by atoms with Gasteiger partial charge in [0.2, 0.25) is 0 Å². The van der Waals surface area contributed by atoms with Crippen LogP contribution in [0.25, 0.3) is 0 Å². The zero-order valence-corrected chi connectivity index (χ0v) is 18.4. The van der Waals surface area contributed by atoms with Crippen LogP contribution in [0, 0.1) is 0 Å². The molecule has 0 aliphatic carbocycles. The summed E-state index contributed by atoms with van der Waals surface area (Å²) in [4.78, 5) is 24.4. The number of benzene rings is 2. The van der Waals surface area contributed by atoms with Gasteiger partial charge >= 0.3 is 5.97 Å². The molecule has 0 aromatic heterocycles.